The topological polar surface area (TPSA) is 156 Å². The Bertz CT molecular complexity index is 8.26. The average molecular weight is 206 g/mol. The summed E-state index contributed by atoms with van der Waals surface area (Å²) in [6, 6.07) is 0. The highest BCUT2D eigenvalue weighted by molar-refractivity contribution is 5.86. The Morgan fingerprint density at radius 1 is 0.333 bits per heavy atom. The van der Waals surface area contributed by atoms with Gasteiger partial charge in [-0.05, 0) is 0 Å². The minimum atomic E-state index is 0. The van der Waals surface area contributed by atoms with E-state index >= 15 is 0 Å². The fraction of sp³-hybridized carbons (Fsp3) is 0. The van der Waals surface area contributed by atoms with Crippen LogP contribution in [0, 0.1) is 0 Å². The molecule has 0 unspecified atom stereocenters. The van der Waals surface area contributed by atoms with Crippen molar-refractivity contribution in [1.82, 2.24) is 0 Å². The molecule has 66 valence electrons. The molecule has 0 aromatic heterocycles. The van der Waals surface area contributed by atoms with Crippen molar-refractivity contribution in [2.75, 3.05) is 0 Å². The van der Waals surface area contributed by atoms with Crippen LogP contribution in [0.4, 0.5) is 0 Å². The summed E-state index contributed by atoms with van der Waals surface area (Å²) in [5.41, 5.74) is 0. The Morgan fingerprint density at radius 3 is 0.333 bits per heavy atom. The average Bonchev–Trinajstić information content (AvgIpc) is 1.81. The van der Waals surface area contributed by atoms with E-state index in [0.717, 1.165) is 0 Å². The molecular weight excluding hydrogens is 190 g/mol. The van der Waals surface area contributed by atoms with Gasteiger partial charge in [0.2, 0.25) is 0 Å². The molecule has 0 spiro atoms. The van der Waals surface area contributed by atoms with E-state index in [4.69, 9.17) is 0 Å². The van der Waals surface area contributed by atoms with Crippen LogP contribution in [0.2, 0.25) is 0 Å². The fourth-order valence-corrected chi connectivity index (χ4v) is 0. The van der Waals surface area contributed by atoms with Gasteiger partial charge in [0, 0.05) is 0 Å². The zero-order valence-corrected chi connectivity index (χ0v) is 7.14. The molecule has 0 aliphatic carbocycles. The van der Waals surface area contributed by atoms with Crippen molar-refractivity contribution in [2.24, 2.45) is 35.1 Å². The molecule has 0 amide bonds. The monoisotopic (exact) mass is 204 g/mol. The Balaban J connectivity index is -0.00000000321. The van der Waals surface area contributed by atoms with Gasteiger partial charge in [-0.3, -0.25) is 35.1 Å². The molecule has 0 fully saturated rings. The first-order chi connectivity index (χ1) is 3.00. The summed E-state index contributed by atoms with van der Waals surface area (Å²) in [6.07, 6.45) is 0. The van der Waals surface area contributed by atoms with Crippen LogP contribution < -0.4 is 35.1 Å². The molecule has 0 radical (unpaired) electrons. The standard InChI is InChI=1S/3ClH.3H4N2/c;;;3*1-2/h3*1H;3*1-2H2. The van der Waals surface area contributed by atoms with Gasteiger partial charge >= 0.3 is 0 Å². The van der Waals surface area contributed by atoms with Crippen molar-refractivity contribution in [3.8, 4) is 0 Å². The molecule has 0 aliphatic heterocycles. The molecule has 0 heterocycles. The van der Waals surface area contributed by atoms with Gasteiger partial charge in [-0.25, -0.2) is 0 Å². The highest BCUT2D eigenvalue weighted by Gasteiger charge is 0.730. The molecule has 0 rings (SSSR count). The lowest BCUT2D eigenvalue weighted by Gasteiger charge is -1.27. The predicted octanol–water partition coefficient (Wildman–Crippen LogP) is -2.28. The zero-order chi connectivity index (χ0) is 6.00. The highest BCUT2D eigenvalue weighted by atomic mass is 35.5. The van der Waals surface area contributed by atoms with Crippen molar-refractivity contribution >= 4 is 37.2 Å². The molecular formula is H15Cl3N6. The highest BCUT2D eigenvalue weighted by Crippen LogP contribution is 0.692. The molecule has 12 N–H and O–H groups in total. The van der Waals surface area contributed by atoms with Gasteiger partial charge in [-0.1, -0.05) is 0 Å². The van der Waals surface area contributed by atoms with Gasteiger partial charge in [0.1, 0.15) is 0 Å². The second-order valence-electron chi connectivity index (χ2n) is 0. The molecule has 0 aliphatic rings. The molecule has 0 saturated heterocycles. The van der Waals surface area contributed by atoms with Crippen LogP contribution >= 0.6 is 37.2 Å². The van der Waals surface area contributed by atoms with Crippen LogP contribution in [0.25, 0.3) is 0 Å². The first-order valence-corrected chi connectivity index (χ1v) is 1.00. The van der Waals surface area contributed by atoms with Crippen molar-refractivity contribution < 1.29 is 0 Å². The Hall–Kier alpha value is 0.630. The second kappa shape index (κ2) is 1270. The number of rotatable bonds is 0. The summed E-state index contributed by atoms with van der Waals surface area (Å²) in [6.45, 7) is 0. The van der Waals surface area contributed by atoms with Crippen molar-refractivity contribution in [3.05, 3.63) is 0 Å². The van der Waals surface area contributed by atoms with E-state index in [1.165, 1.54) is 0 Å². The lowest BCUT2D eigenvalue weighted by atomic mass is 13.0. The van der Waals surface area contributed by atoms with E-state index in [-0.39, 0.29) is 37.2 Å². The molecule has 9 heavy (non-hydrogen) atoms. The molecule has 0 saturated carbocycles. The zero-order valence-electron chi connectivity index (χ0n) is 4.69. The van der Waals surface area contributed by atoms with Crippen LogP contribution in [-0.4, -0.2) is 0 Å². The van der Waals surface area contributed by atoms with Gasteiger partial charge in [0.15, 0.2) is 0 Å². The van der Waals surface area contributed by atoms with Crippen molar-refractivity contribution in [1.29, 1.82) is 0 Å². The molecule has 0 aromatic carbocycles. The molecule has 0 bridgehead atoms. The smallest absolute Gasteiger partial charge is 0.147 e. The third kappa shape index (κ3) is 956. The second-order valence-corrected chi connectivity index (χ2v) is 0. The van der Waals surface area contributed by atoms with E-state index < -0.39 is 0 Å². The third-order valence-electron chi connectivity index (χ3n) is 0. The number of halogens is 3. The van der Waals surface area contributed by atoms with E-state index in [0.29, 0.717) is 0 Å². The quantitative estimate of drug-likeness (QED) is 0.193. The lowest BCUT2D eigenvalue weighted by Crippen LogP contribution is -2.02. The molecule has 0 atom stereocenters. The van der Waals surface area contributed by atoms with Gasteiger partial charge < -0.3 is 0 Å². The van der Waals surface area contributed by atoms with Gasteiger partial charge in [-0.15, -0.1) is 37.2 Å². The van der Waals surface area contributed by atoms with E-state index in [2.05, 4.69) is 35.1 Å². The molecule has 9 heteroatoms. The molecule has 6 nitrogen and oxygen atoms in total. The summed E-state index contributed by atoms with van der Waals surface area (Å²) in [5.74, 6) is 24.0. The third-order valence-corrected chi connectivity index (χ3v) is 0. The summed E-state index contributed by atoms with van der Waals surface area (Å²) >= 11 is 0. The number of hydrogen-bond acceptors (Lipinski definition) is 6. The van der Waals surface area contributed by atoms with Gasteiger partial charge in [0.25, 0.3) is 0 Å². The summed E-state index contributed by atoms with van der Waals surface area (Å²) in [4.78, 5) is 0. The maximum atomic E-state index is 4.00. The number of nitrogens with two attached hydrogens (primary N) is 6. The first-order valence-electron chi connectivity index (χ1n) is 1.00. The van der Waals surface area contributed by atoms with Crippen molar-refractivity contribution in [3.63, 3.8) is 0 Å². The van der Waals surface area contributed by atoms with Gasteiger partial charge in [0.05, 0.1) is 0 Å². The maximum absolute atomic E-state index is 4.00. The largest absolute Gasteiger partial charge is 0.274 e. The van der Waals surface area contributed by atoms with E-state index in [1.54, 1.807) is 0 Å². The summed E-state index contributed by atoms with van der Waals surface area (Å²) < 4.78 is 0. The Labute approximate surface area is 72.8 Å². The Morgan fingerprint density at radius 2 is 0.333 bits per heavy atom. The van der Waals surface area contributed by atoms with Crippen LogP contribution in [0.3, 0.4) is 0 Å². The van der Waals surface area contributed by atoms with E-state index in [1.807, 2.05) is 0 Å². The summed E-state index contributed by atoms with van der Waals surface area (Å²) in [7, 11) is 0. The van der Waals surface area contributed by atoms with E-state index in [9.17, 15) is 0 Å². The van der Waals surface area contributed by atoms with Crippen LogP contribution in [-0.2, 0) is 0 Å². The predicted molar refractivity (Wildman–Crippen MR) is 46.9 cm³/mol. The normalized spacial score (nSPS) is 2.00. The minimum absolute atomic E-state index is 0. The van der Waals surface area contributed by atoms with Crippen molar-refractivity contribution in [2.45, 2.75) is 0 Å². The summed E-state index contributed by atoms with van der Waals surface area (Å²) in [5, 5.41) is 0. The fourth-order valence-electron chi connectivity index (χ4n) is 0. The number of hydrogen-bond donors (Lipinski definition) is 6. The Kier molecular flexibility index (Phi) is 7660. The lowest BCUT2D eigenvalue weighted by molar-refractivity contribution is 1.26. The molecule has 0 aromatic rings. The number of hydrazine groups is 3. The maximum Gasteiger partial charge on any atom is -0.147 e. The minimum Gasteiger partial charge on any atom is -0.274 e. The van der Waals surface area contributed by atoms with Crippen LogP contribution in [0.1, 0.15) is 0 Å². The van der Waals surface area contributed by atoms with Crippen LogP contribution in [0.5, 0.6) is 0 Å². The van der Waals surface area contributed by atoms with Crippen LogP contribution in [0.15, 0.2) is 0 Å². The SMILES string of the molecule is Cl.Cl.Cl.NN.NN.NN. The van der Waals surface area contributed by atoms with Gasteiger partial charge in [-0.2, -0.15) is 0 Å². The first kappa shape index (κ1) is 54.4.